The molecule has 2 heterocycles. The van der Waals surface area contributed by atoms with Gasteiger partial charge in [0.2, 0.25) is 5.91 Å². The zero-order valence-corrected chi connectivity index (χ0v) is 18.0. The lowest BCUT2D eigenvalue weighted by Gasteiger charge is -2.37. The quantitative estimate of drug-likeness (QED) is 0.646. The average molecular weight is 420 g/mol. The van der Waals surface area contributed by atoms with Gasteiger partial charge in [-0.1, -0.05) is 13.0 Å². The highest BCUT2D eigenvalue weighted by Gasteiger charge is 2.34. The van der Waals surface area contributed by atoms with Gasteiger partial charge in [0.15, 0.2) is 5.75 Å². The van der Waals surface area contributed by atoms with Crippen molar-refractivity contribution in [3.05, 3.63) is 23.8 Å². The highest BCUT2D eigenvalue weighted by atomic mass is 16.5. The maximum atomic E-state index is 13.3. The maximum Gasteiger partial charge on any atom is 0.258 e. The summed E-state index contributed by atoms with van der Waals surface area (Å²) in [6, 6.07) is 4.91. The number of carbonyl (C=O) groups is 2. The summed E-state index contributed by atoms with van der Waals surface area (Å²) in [4.78, 5) is 27.8. The van der Waals surface area contributed by atoms with Crippen molar-refractivity contribution >= 4 is 17.5 Å². The van der Waals surface area contributed by atoms with Crippen LogP contribution in [0.15, 0.2) is 18.2 Å². The van der Waals surface area contributed by atoms with E-state index in [0.29, 0.717) is 56.1 Å². The molecule has 2 aliphatic heterocycles. The molecule has 3 rings (SSSR count). The van der Waals surface area contributed by atoms with Gasteiger partial charge in [0.05, 0.1) is 23.9 Å². The molecule has 1 saturated heterocycles. The van der Waals surface area contributed by atoms with E-state index in [0.717, 1.165) is 0 Å². The molecule has 2 amide bonds. The molecule has 2 aliphatic rings. The van der Waals surface area contributed by atoms with Crippen LogP contribution in [-0.2, 0) is 9.53 Å². The zero-order valence-electron chi connectivity index (χ0n) is 18.0. The molecule has 0 bridgehead atoms. The summed E-state index contributed by atoms with van der Waals surface area (Å²) < 4.78 is 11.7. The topological polar surface area (TPSA) is 100 Å². The van der Waals surface area contributed by atoms with E-state index in [2.05, 4.69) is 10.6 Å². The molecule has 1 aromatic rings. The first-order valence-electron chi connectivity index (χ1n) is 10.7. The van der Waals surface area contributed by atoms with Crippen molar-refractivity contribution in [2.24, 2.45) is 11.8 Å². The van der Waals surface area contributed by atoms with Gasteiger partial charge in [-0.3, -0.25) is 9.59 Å². The van der Waals surface area contributed by atoms with Gasteiger partial charge < -0.3 is 30.1 Å². The Hall–Kier alpha value is -2.16. The van der Waals surface area contributed by atoms with Gasteiger partial charge in [-0.25, -0.2) is 0 Å². The van der Waals surface area contributed by atoms with Crippen LogP contribution in [0.3, 0.4) is 0 Å². The number of aliphatic hydroxyl groups is 1. The standard InChI is InChI=1S/C22H33N3O5/c1-14-12-25(15(2)13-26)22(28)17-5-4-6-18(20(17)30-19(14)11-23-3)24-21(27)16-7-9-29-10-8-16/h4-6,14-16,19,23,26H,7-13H2,1-3H3,(H,24,27)/t14-,15-,19-/m1/s1. The lowest BCUT2D eigenvalue weighted by Crippen LogP contribution is -2.49. The number of carbonyl (C=O) groups excluding carboxylic acids is 2. The van der Waals surface area contributed by atoms with Crippen LogP contribution in [-0.4, -0.2) is 73.9 Å². The summed E-state index contributed by atoms with van der Waals surface area (Å²) in [6.07, 6.45) is 1.17. The molecule has 166 valence electrons. The second kappa shape index (κ2) is 10.2. The van der Waals surface area contributed by atoms with Crippen molar-refractivity contribution in [2.75, 3.05) is 45.3 Å². The number of likely N-dealkylation sites (N-methyl/N-ethyl adjacent to an activating group) is 1. The molecule has 0 radical (unpaired) electrons. The summed E-state index contributed by atoms with van der Waals surface area (Å²) in [6.45, 7) is 5.97. The Balaban J connectivity index is 1.96. The third kappa shape index (κ3) is 4.94. The highest BCUT2D eigenvalue weighted by Crippen LogP contribution is 2.35. The summed E-state index contributed by atoms with van der Waals surface area (Å²) >= 11 is 0. The van der Waals surface area contributed by atoms with Crippen LogP contribution in [0.25, 0.3) is 0 Å². The Labute approximate surface area is 177 Å². The lowest BCUT2D eigenvalue weighted by molar-refractivity contribution is -0.122. The van der Waals surface area contributed by atoms with Crippen molar-refractivity contribution in [3.63, 3.8) is 0 Å². The number of rotatable bonds is 6. The van der Waals surface area contributed by atoms with Gasteiger partial charge >= 0.3 is 0 Å². The first-order valence-corrected chi connectivity index (χ1v) is 10.7. The molecule has 1 fully saturated rings. The molecule has 0 unspecified atom stereocenters. The Morgan fingerprint density at radius 3 is 2.73 bits per heavy atom. The molecule has 0 saturated carbocycles. The van der Waals surface area contributed by atoms with E-state index < -0.39 is 0 Å². The van der Waals surface area contributed by atoms with Crippen molar-refractivity contribution < 1.29 is 24.2 Å². The number of para-hydroxylation sites is 1. The third-order valence-electron chi connectivity index (χ3n) is 5.95. The van der Waals surface area contributed by atoms with Crippen LogP contribution >= 0.6 is 0 Å². The normalized spacial score (nSPS) is 23.7. The number of fused-ring (bicyclic) bond motifs is 1. The Bertz CT molecular complexity index is 750. The van der Waals surface area contributed by atoms with E-state index in [1.54, 1.807) is 23.1 Å². The second-order valence-corrected chi connectivity index (χ2v) is 8.24. The molecule has 8 heteroatoms. The molecule has 3 N–H and O–H groups in total. The Morgan fingerprint density at radius 1 is 1.33 bits per heavy atom. The molecule has 0 aromatic heterocycles. The fourth-order valence-corrected chi connectivity index (χ4v) is 3.98. The molecular formula is C22H33N3O5. The van der Waals surface area contributed by atoms with E-state index in [4.69, 9.17) is 9.47 Å². The monoisotopic (exact) mass is 419 g/mol. The average Bonchev–Trinajstić information content (AvgIpc) is 2.76. The van der Waals surface area contributed by atoms with Gasteiger partial charge in [-0.2, -0.15) is 0 Å². The van der Waals surface area contributed by atoms with Gasteiger partial charge in [0.1, 0.15) is 6.10 Å². The first kappa shape index (κ1) is 22.5. The Morgan fingerprint density at radius 2 is 2.07 bits per heavy atom. The summed E-state index contributed by atoms with van der Waals surface area (Å²) in [7, 11) is 1.86. The predicted octanol–water partition coefficient (Wildman–Crippen LogP) is 1.49. The molecule has 8 nitrogen and oxygen atoms in total. The lowest BCUT2D eigenvalue weighted by atomic mass is 9.98. The summed E-state index contributed by atoms with van der Waals surface area (Å²) in [5, 5.41) is 15.8. The fourth-order valence-electron chi connectivity index (χ4n) is 3.98. The van der Waals surface area contributed by atoms with E-state index in [-0.39, 0.29) is 42.4 Å². The number of ether oxygens (including phenoxy) is 2. The predicted molar refractivity (Wildman–Crippen MR) is 114 cm³/mol. The first-order chi connectivity index (χ1) is 14.5. The SMILES string of the molecule is CNC[C@H]1Oc2c(NC(=O)C3CCOCC3)cccc2C(=O)N([C@H](C)CO)C[C@H]1C. The Kier molecular flexibility index (Phi) is 7.69. The van der Waals surface area contributed by atoms with Crippen LogP contribution < -0.4 is 15.4 Å². The number of anilines is 1. The van der Waals surface area contributed by atoms with Gasteiger partial charge in [-0.05, 0) is 38.9 Å². The van der Waals surface area contributed by atoms with Gasteiger partial charge in [0.25, 0.3) is 5.91 Å². The van der Waals surface area contributed by atoms with E-state index in [1.807, 2.05) is 20.9 Å². The smallest absolute Gasteiger partial charge is 0.258 e. The van der Waals surface area contributed by atoms with Crippen LogP contribution in [0.4, 0.5) is 5.69 Å². The van der Waals surface area contributed by atoms with Crippen molar-refractivity contribution in [1.29, 1.82) is 0 Å². The van der Waals surface area contributed by atoms with Crippen molar-refractivity contribution in [1.82, 2.24) is 10.2 Å². The number of benzene rings is 1. The minimum Gasteiger partial charge on any atom is -0.486 e. The molecule has 0 spiro atoms. The van der Waals surface area contributed by atoms with Crippen LogP contribution in [0.5, 0.6) is 5.75 Å². The van der Waals surface area contributed by atoms with Crippen molar-refractivity contribution in [3.8, 4) is 5.75 Å². The third-order valence-corrected chi connectivity index (χ3v) is 5.95. The van der Waals surface area contributed by atoms with E-state index in [1.165, 1.54) is 0 Å². The molecule has 1 aromatic carbocycles. The van der Waals surface area contributed by atoms with Crippen LogP contribution in [0.2, 0.25) is 0 Å². The maximum absolute atomic E-state index is 13.3. The molecule has 0 aliphatic carbocycles. The summed E-state index contributed by atoms with van der Waals surface area (Å²) in [5.41, 5.74) is 0.900. The fraction of sp³-hybridized carbons (Fsp3) is 0.636. The van der Waals surface area contributed by atoms with E-state index in [9.17, 15) is 14.7 Å². The number of hydrogen-bond donors (Lipinski definition) is 3. The number of hydrogen-bond acceptors (Lipinski definition) is 6. The molecule has 30 heavy (non-hydrogen) atoms. The highest BCUT2D eigenvalue weighted by molar-refractivity contribution is 6.02. The van der Waals surface area contributed by atoms with Crippen LogP contribution in [0, 0.1) is 11.8 Å². The minimum atomic E-state index is -0.318. The van der Waals surface area contributed by atoms with E-state index >= 15 is 0 Å². The molecule has 3 atom stereocenters. The zero-order chi connectivity index (χ0) is 21.7. The van der Waals surface area contributed by atoms with Crippen LogP contribution in [0.1, 0.15) is 37.0 Å². The summed E-state index contributed by atoms with van der Waals surface area (Å²) in [5.74, 6) is 0.0246. The number of nitrogens with zero attached hydrogens (tertiary/aromatic N) is 1. The minimum absolute atomic E-state index is 0.0304. The number of amides is 2. The second-order valence-electron chi connectivity index (χ2n) is 8.24. The molecular weight excluding hydrogens is 386 g/mol. The number of nitrogens with one attached hydrogen (secondary N) is 2. The van der Waals surface area contributed by atoms with Gasteiger partial charge in [0, 0.05) is 38.1 Å². The van der Waals surface area contributed by atoms with Gasteiger partial charge in [-0.15, -0.1) is 0 Å². The largest absolute Gasteiger partial charge is 0.486 e. The van der Waals surface area contributed by atoms with Crippen molar-refractivity contribution in [2.45, 2.75) is 38.8 Å². The number of aliphatic hydroxyl groups excluding tert-OH is 1.